The van der Waals surface area contributed by atoms with E-state index in [0.717, 1.165) is 0 Å². The smallest absolute Gasteiger partial charge is 0.241 e. The van der Waals surface area contributed by atoms with Crippen molar-refractivity contribution in [1.29, 1.82) is 0 Å². The van der Waals surface area contributed by atoms with Crippen LogP contribution in [0.1, 0.15) is 13.3 Å². The number of piperidine rings is 1. The Hall–Kier alpha value is -1.44. The number of nitrogens with one attached hydrogen (secondary N) is 1. The molecule has 7 heteroatoms. The van der Waals surface area contributed by atoms with Crippen LogP contribution in [0.15, 0.2) is 35.2 Å². The molecule has 2 unspecified atom stereocenters. The summed E-state index contributed by atoms with van der Waals surface area (Å²) in [5, 5.41) is 9.64. The predicted molar refractivity (Wildman–Crippen MR) is 78.0 cm³/mol. The number of nitrogens with zero attached hydrogens (tertiary/aromatic N) is 1. The Morgan fingerprint density at radius 3 is 2.67 bits per heavy atom. The summed E-state index contributed by atoms with van der Waals surface area (Å²) in [5.74, 6) is -0.262. The lowest BCUT2D eigenvalue weighted by Gasteiger charge is -2.34. The van der Waals surface area contributed by atoms with E-state index in [2.05, 4.69) is 4.72 Å². The van der Waals surface area contributed by atoms with Gasteiger partial charge >= 0.3 is 0 Å². The zero-order valence-electron chi connectivity index (χ0n) is 11.9. The highest BCUT2D eigenvalue weighted by Crippen LogP contribution is 2.16. The summed E-state index contributed by atoms with van der Waals surface area (Å²) in [4.78, 5) is 13.8. The molecule has 1 aromatic carbocycles. The number of sulfonamides is 1. The summed E-state index contributed by atoms with van der Waals surface area (Å²) in [6.07, 6.45) is 0.133. The van der Waals surface area contributed by atoms with Crippen LogP contribution in [0.4, 0.5) is 0 Å². The van der Waals surface area contributed by atoms with Crippen LogP contribution in [0.25, 0.3) is 0 Å². The molecule has 0 aliphatic carbocycles. The van der Waals surface area contributed by atoms with Crippen LogP contribution in [-0.2, 0) is 14.8 Å². The van der Waals surface area contributed by atoms with Crippen LogP contribution in [-0.4, -0.2) is 50.1 Å². The molecule has 1 aliphatic rings. The first-order valence-corrected chi connectivity index (χ1v) is 8.39. The molecule has 21 heavy (non-hydrogen) atoms. The van der Waals surface area contributed by atoms with Crippen molar-refractivity contribution >= 4 is 15.9 Å². The minimum atomic E-state index is -3.67. The van der Waals surface area contributed by atoms with Crippen molar-refractivity contribution in [3.63, 3.8) is 0 Å². The maximum Gasteiger partial charge on any atom is 0.241 e. The number of aliphatic hydroxyl groups is 1. The van der Waals surface area contributed by atoms with Crippen LogP contribution in [0.5, 0.6) is 0 Å². The quantitative estimate of drug-likeness (QED) is 0.831. The molecule has 2 N–H and O–H groups in total. The Kier molecular flexibility index (Phi) is 4.97. The fraction of sp³-hybridized carbons (Fsp3) is 0.500. The third-order valence-corrected chi connectivity index (χ3v) is 5.10. The van der Waals surface area contributed by atoms with E-state index in [1.165, 1.54) is 12.1 Å². The van der Waals surface area contributed by atoms with Crippen molar-refractivity contribution in [3.8, 4) is 0 Å². The van der Waals surface area contributed by atoms with Crippen molar-refractivity contribution < 1.29 is 18.3 Å². The van der Waals surface area contributed by atoms with E-state index >= 15 is 0 Å². The van der Waals surface area contributed by atoms with Crippen LogP contribution in [0.3, 0.4) is 0 Å². The normalized spacial score (nSPS) is 23.0. The molecule has 6 nitrogen and oxygen atoms in total. The third kappa shape index (κ3) is 4.03. The van der Waals surface area contributed by atoms with Gasteiger partial charge in [-0.15, -0.1) is 0 Å². The molecular weight excluding hydrogens is 292 g/mol. The Morgan fingerprint density at radius 1 is 1.38 bits per heavy atom. The van der Waals surface area contributed by atoms with Gasteiger partial charge in [0, 0.05) is 13.1 Å². The summed E-state index contributed by atoms with van der Waals surface area (Å²) >= 11 is 0. The van der Waals surface area contributed by atoms with Crippen LogP contribution in [0.2, 0.25) is 0 Å². The number of likely N-dealkylation sites (tertiary alicyclic amines) is 1. The second kappa shape index (κ2) is 6.55. The molecule has 1 fully saturated rings. The van der Waals surface area contributed by atoms with Crippen molar-refractivity contribution in [2.24, 2.45) is 5.92 Å². The molecule has 0 spiro atoms. The molecule has 1 aliphatic heterocycles. The number of carbonyl (C=O) groups excluding carboxylic acids is 1. The number of hydrogen-bond donors (Lipinski definition) is 2. The number of rotatable bonds is 4. The summed E-state index contributed by atoms with van der Waals surface area (Å²) in [6.45, 7) is 2.52. The molecule has 0 saturated carbocycles. The number of hydrogen-bond acceptors (Lipinski definition) is 4. The lowest BCUT2D eigenvalue weighted by molar-refractivity contribution is -0.133. The van der Waals surface area contributed by atoms with Crippen LogP contribution in [0, 0.1) is 5.92 Å². The highest BCUT2D eigenvalue weighted by molar-refractivity contribution is 7.89. The van der Waals surface area contributed by atoms with Crippen molar-refractivity contribution in [2.75, 3.05) is 19.6 Å². The second-order valence-electron chi connectivity index (χ2n) is 5.31. The van der Waals surface area contributed by atoms with Gasteiger partial charge in [-0.3, -0.25) is 4.79 Å². The van der Waals surface area contributed by atoms with E-state index in [0.29, 0.717) is 19.5 Å². The van der Waals surface area contributed by atoms with Gasteiger partial charge < -0.3 is 10.0 Å². The first-order valence-electron chi connectivity index (χ1n) is 6.90. The SMILES string of the molecule is CC1CN(C(=O)CNS(=O)(=O)c2ccccc2)CCC1O. The van der Waals surface area contributed by atoms with Crippen molar-refractivity contribution in [2.45, 2.75) is 24.3 Å². The molecule has 0 aromatic heterocycles. The Balaban J connectivity index is 1.92. The topological polar surface area (TPSA) is 86.7 Å². The van der Waals surface area contributed by atoms with Gasteiger partial charge in [-0.05, 0) is 24.5 Å². The van der Waals surface area contributed by atoms with E-state index in [4.69, 9.17) is 0 Å². The van der Waals surface area contributed by atoms with Crippen LogP contribution < -0.4 is 4.72 Å². The lowest BCUT2D eigenvalue weighted by Crippen LogP contribution is -2.48. The minimum Gasteiger partial charge on any atom is -0.393 e. The van der Waals surface area contributed by atoms with E-state index in [1.54, 1.807) is 23.1 Å². The first kappa shape index (κ1) is 15.9. The maximum atomic E-state index is 12.0. The second-order valence-corrected chi connectivity index (χ2v) is 7.08. The molecule has 1 saturated heterocycles. The Morgan fingerprint density at radius 2 is 2.05 bits per heavy atom. The molecule has 2 atom stereocenters. The average Bonchev–Trinajstić information content (AvgIpc) is 2.48. The van der Waals surface area contributed by atoms with Gasteiger partial charge in [0.25, 0.3) is 0 Å². The number of benzene rings is 1. The fourth-order valence-corrected chi connectivity index (χ4v) is 3.31. The molecule has 116 valence electrons. The Bertz CT molecular complexity index is 588. The molecule has 1 amide bonds. The standard InChI is InChI=1S/C14H20N2O4S/c1-11-10-16(8-7-13(11)17)14(18)9-15-21(19,20)12-5-3-2-4-6-12/h2-6,11,13,15,17H,7-10H2,1H3. The maximum absolute atomic E-state index is 12.0. The summed E-state index contributed by atoms with van der Waals surface area (Å²) in [5.41, 5.74) is 0. The van der Waals surface area contributed by atoms with E-state index < -0.39 is 16.1 Å². The first-order chi connectivity index (χ1) is 9.90. The van der Waals surface area contributed by atoms with Gasteiger partial charge in [0.1, 0.15) is 0 Å². The summed E-state index contributed by atoms with van der Waals surface area (Å²) < 4.78 is 26.3. The summed E-state index contributed by atoms with van der Waals surface area (Å²) in [7, 11) is -3.67. The molecular formula is C14H20N2O4S. The van der Waals surface area contributed by atoms with E-state index in [-0.39, 0.29) is 23.3 Å². The fourth-order valence-electron chi connectivity index (χ4n) is 2.31. The van der Waals surface area contributed by atoms with Crippen LogP contribution >= 0.6 is 0 Å². The van der Waals surface area contributed by atoms with Gasteiger partial charge in [-0.2, -0.15) is 0 Å². The third-order valence-electron chi connectivity index (χ3n) is 3.68. The Labute approximate surface area is 124 Å². The number of aliphatic hydroxyl groups excluding tert-OH is 1. The molecule has 2 rings (SSSR count). The zero-order chi connectivity index (χ0) is 15.5. The highest BCUT2D eigenvalue weighted by atomic mass is 32.2. The largest absolute Gasteiger partial charge is 0.393 e. The zero-order valence-corrected chi connectivity index (χ0v) is 12.7. The number of carbonyl (C=O) groups is 1. The predicted octanol–water partition coefficient (Wildman–Crippen LogP) is 0.194. The van der Waals surface area contributed by atoms with Crippen molar-refractivity contribution in [3.05, 3.63) is 30.3 Å². The van der Waals surface area contributed by atoms with E-state index in [9.17, 15) is 18.3 Å². The lowest BCUT2D eigenvalue weighted by atomic mass is 9.97. The molecule has 0 radical (unpaired) electrons. The molecule has 1 heterocycles. The monoisotopic (exact) mass is 312 g/mol. The minimum absolute atomic E-state index is 0.00781. The highest BCUT2D eigenvalue weighted by Gasteiger charge is 2.27. The van der Waals surface area contributed by atoms with Gasteiger partial charge in [0.05, 0.1) is 17.5 Å². The number of amides is 1. The van der Waals surface area contributed by atoms with Gasteiger partial charge in [0.2, 0.25) is 15.9 Å². The average molecular weight is 312 g/mol. The summed E-state index contributed by atoms with van der Waals surface area (Å²) in [6, 6.07) is 7.94. The van der Waals surface area contributed by atoms with E-state index in [1.807, 2.05) is 6.92 Å². The van der Waals surface area contributed by atoms with Crippen molar-refractivity contribution in [1.82, 2.24) is 9.62 Å². The van der Waals surface area contributed by atoms with Gasteiger partial charge in [0.15, 0.2) is 0 Å². The molecule has 0 bridgehead atoms. The molecule has 1 aromatic rings. The van der Waals surface area contributed by atoms with Gasteiger partial charge in [-0.1, -0.05) is 25.1 Å². The van der Waals surface area contributed by atoms with Gasteiger partial charge in [-0.25, -0.2) is 13.1 Å².